The number of benzene rings is 1. The van der Waals surface area contributed by atoms with Gasteiger partial charge in [-0.05, 0) is 30.0 Å². The molecule has 86 valence electrons. The number of hydrogen-bond acceptors (Lipinski definition) is 3. The van der Waals surface area contributed by atoms with Crippen LogP contribution in [0.3, 0.4) is 0 Å². The molecule has 0 radical (unpaired) electrons. The van der Waals surface area contributed by atoms with E-state index < -0.39 is 0 Å². The van der Waals surface area contributed by atoms with Gasteiger partial charge in [0.25, 0.3) is 0 Å². The van der Waals surface area contributed by atoms with E-state index in [4.69, 9.17) is 9.47 Å². The number of ether oxygens (including phenoxy) is 2. The monoisotopic (exact) mass is 220 g/mol. The van der Waals surface area contributed by atoms with Crippen LogP contribution >= 0.6 is 0 Å². The Morgan fingerprint density at radius 2 is 2.19 bits per heavy atom. The van der Waals surface area contributed by atoms with Gasteiger partial charge in [-0.2, -0.15) is 0 Å². The van der Waals surface area contributed by atoms with Crippen LogP contribution in [0.2, 0.25) is 0 Å². The van der Waals surface area contributed by atoms with E-state index in [0.29, 0.717) is 13.2 Å². The minimum absolute atomic E-state index is 0.159. The van der Waals surface area contributed by atoms with Crippen molar-refractivity contribution in [3.05, 3.63) is 29.3 Å². The molecule has 0 spiro atoms. The molecule has 2 aliphatic rings. The number of aliphatic hydroxyl groups excluding tert-OH is 1. The number of fused-ring (bicyclic) bond motifs is 1. The molecule has 1 aromatic rings. The van der Waals surface area contributed by atoms with Gasteiger partial charge in [0, 0.05) is 0 Å². The fourth-order valence-electron chi connectivity index (χ4n) is 2.39. The lowest BCUT2D eigenvalue weighted by molar-refractivity contribution is -0.0842. The van der Waals surface area contributed by atoms with E-state index in [1.807, 2.05) is 6.07 Å². The first-order valence-electron chi connectivity index (χ1n) is 5.79. The van der Waals surface area contributed by atoms with Gasteiger partial charge in [-0.15, -0.1) is 0 Å². The smallest absolute Gasteiger partial charge is 0.122 e. The van der Waals surface area contributed by atoms with E-state index in [-0.39, 0.29) is 12.0 Å². The molecule has 1 fully saturated rings. The second-order valence-corrected chi connectivity index (χ2v) is 4.71. The van der Waals surface area contributed by atoms with E-state index in [0.717, 1.165) is 25.2 Å². The van der Waals surface area contributed by atoms with Gasteiger partial charge >= 0.3 is 0 Å². The van der Waals surface area contributed by atoms with Gasteiger partial charge in [-0.1, -0.05) is 12.1 Å². The summed E-state index contributed by atoms with van der Waals surface area (Å²) in [6.45, 7) is 2.24. The second kappa shape index (κ2) is 3.75. The summed E-state index contributed by atoms with van der Waals surface area (Å²) in [5.41, 5.74) is 2.29. The molecule has 16 heavy (non-hydrogen) atoms. The maximum Gasteiger partial charge on any atom is 0.122 e. The molecule has 0 aromatic heterocycles. The summed E-state index contributed by atoms with van der Waals surface area (Å²) in [5.74, 6) is 1.00. The van der Waals surface area contributed by atoms with Crippen LogP contribution in [0.25, 0.3) is 0 Å². The lowest BCUT2D eigenvalue weighted by Crippen LogP contribution is -2.49. The highest BCUT2D eigenvalue weighted by Gasteiger charge is 2.40. The van der Waals surface area contributed by atoms with Crippen molar-refractivity contribution >= 4 is 0 Å². The Kier molecular flexibility index (Phi) is 2.37. The number of aryl methyl sites for hydroxylation is 1. The molecule has 3 heteroatoms. The Balaban J connectivity index is 1.96. The van der Waals surface area contributed by atoms with E-state index in [9.17, 15) is 5.11 Å². The number of rotatable bonds is 2. The van der Waals surface area contributed by atoms with Crippen LogP contribution in [0.1, 0.15) is 17.5 Å². The molecule has 3 nitrogen and oxygen atoms in total. The van der Waals surface area contributed by atoms with Crippen molar-refractivity contribution in [3.63, 3.8) is 0 Å². The van der Waals surface area contributed by atoms with E-state index in [1.165, 1.54) is 11.1 Å². The molecule has 0 amide bonds. The first kappa shape index (κ1) is 10.1. The van der Waals surface area contributed by atoms with Crippen LogP contribution in [-0.2, 0) is 16.6 Å². The fraction of sp³-hybridized carbons (Fsp3) is 0.538. The minimum atomic E-state index is -0.160. The van der Waals surface area contributed by atoms with Crippen molar-refractivity contribution in [2.24, 2.45) is 0 Å². The summed E-state index contributed by atoms with van der Waals surface area (Å²) in [4.78, 5) is 0. The van der Waals surface area contributed by atoms with Gasteiger partial charge in [0.05, 0.1) is 31.8 Å². The molecular weight excluding hydrogens is 204 g/mol. The average Bonchev–Trinajstić information content (AvgIpc) is 2.28. The molecule has 0 unspecified atom stereocenters. The van der Waals surface area contributed by atoms with E-state index in [1.54, 1.807) is 0 Å². The topological polar surface area (TPSA) is 38.7 Å². The van der Waals surface area contributed by atoms with E-state index >= 15 is 0 Å². The van der Waals surface area contributed by atoms with Crippen molar-refractivity contribution in [2.45, 2.75) is 18.3 Å². The Morgan fingerprint density at radius 1 is 1.31 bits per heavy atom. The fourth-order valence-corrected chi connectivity index (χ4v) is 2.39. The van der Waals surface area contributed by atoms with Gasteiger partial charge in [0.15, 0.2) is 0 Å². The Hall–Kier alpha value is -1.06. The first-order chi connectivity index (χ1) is 7.84. The van der Waals surface area contributed by atoms with Crippen LogP contribution in [0, 0.1) is 0 Å². The molecule has 3 rings (SSSR count). The van der Waals surface area contributed by atoms with Crippen molar-refractivity contribution in [1.82, 2.24) is 0 Å². The highest BCUT2D eigenvalue weighted by Crippen LogP contribution is 2.35. The summed E-state index contributed by atoms with van der Waals surface area (Å²) in [5, 5.41) is 9.48. The lowest BCUT2D eigenvalue weighted by Gasteiger charge is -2.40. The standard InChI is InChI=1S/C13H16O3/c14-7-13(8-15-9-13)11-3-4-12-10(6-11)2-1-5-16-12/h3-4,6,14H,1-2,5,7-9H2. The third-order valence-corrected chi connectivity index (χ3v) is 3.58. The van der Waals surface area contributed by atoms with Gasteiger partial charge in [-0.25, -0.2) is 0 Å². The summed E-state index contributed by atoms with van der Waals surface area (Å²) >= 11 is 0. The van der Waals surface area contributed by atoms with Crippen molar-refractivity contribution in [1.29, 1.82) is 0 Å². The van der Waals surface area contributed by atoms with Gasteiger partial charge in [0.1, 0.15) is 5.75 Å². The molecule has 0 atom stereocenters. The maximum absolute atomic E-state index is 9.48. The SMILES string of the molecule is OCC1(c2ccc3c(c2)CCCO3)COC1. The zero-order valence-electron chi connectivity index (χ0n) is 9.24. The highest BCUT2D eigenvalue weighted by molar-refractivity contribution is 5.42. The Morgan fingerprint density at radius 3 is 2.88 bits per heavy atom. The number of hydrogen-bond donors (Lipinski definition) is 1. The van der Waals surface area contributed by atoms with Gasteiger partial charge in [0.2, 0.25) is 0 Å². The molecule has 2 aliphatic heterocycles. The molecule has 1 aromatic carbocycles. The largest absolute Gasteiger partial charge is 0.493 e. The van der Waals surface area contributed by atoms with Crippen LogP contribution in [0.15, 0.2) is 18.2 Å². The van der Waals surface area contributed by atoms with Crippen molar-refractivity contribution in [3.8, 4) is 5.75 Å². The molecular formula is C13H16O3. The summed E-state index contributed by atoms with van der Waals surface area (Å²) in [6, 6.07) is 6.26. The van der Waals surface area contributed by atoms with Crippen LogP contribution in [0.5, 0.6) is 5.75 Å². The molecule has 1 N–H and O–H groups in total. The summed E-state index contributed by atoms with van der Waals surface area (Å²) in [7, 11) is 0. The molecule has 0 aliphatic carbocycles. The van der Waals surface area contributed by atoms with Crippen LogP contribution in [0.4, 0.5) is 0 Å². The summed E-state index contributed by atoms with van der Waals surface area (Å²) < 4.78 is 10.8. The molecule has 0 bridgehead atoms. The Bertz CT molecular complexity index is 391. The van der Waals surface area contributed by atoms with Crippen molar-refractivity contribution < 1.29 is 14.6 Å². The Labute approximate surface area is 95.0 Å². The molecule has 1 saturated heterocycles. The normalized spacial score (nSPS) is 21.8. The summed E-state index contributed by atoms with van der Waals surface area (Å²) in [6.07, 6.45) is 2.16. The third kappa shape index (κ3) is 1.43. The lowest BCUT2D eigenvalue weighted by atomic mass is 9.78. The molecule has 0 saturated carbocycles. The van der Waals surface area contributed by atoms with Gasteiger partial charge < -0.3 is 14.6 Å². The molecule has 2 heterocycles. The van der Waals surface area contributed by atoms with Crippen LogP contribution in [-0.4, -0.2) is 31.5 Å². The third-order valence-electron chi connectivity index (χ3n) is 3.58. The first-order valence-corrected chi connectivity index (χ1v) is 5.79. The van der Waals surface area contributed by atoms with Gasteiger partial charge in [-0.3, -0.25) is 0 Å². The number of aliphatic hydroxyl groups is 1. The average molecular weight is 220 g/mol. The predicted octanol–water partition coefficient (Wildman–Crippen LogP) is 1.27. The quantitative estimate of drug-likeness (QED) is 0.815. The van der Waals surface area contributed by atoms with Crippen molar-refractivity contribution in [2.75, 3.05) is 26.4 Å². The van der Waals surface area contributed by atoms with Crippen LogP contribution < -0.4 is 4.74 Å². The zero-order valence-corrected chi connectivity index (χ0v) is 9.24. The van der Waals surface area contributed by atoms with E-state index in [2.05, 4.69) is 12.1 Å². The highest BCUT2D eigenvalue weighted by atomic mass is 16.5. The zero-order chi connectivity index (χ0) is 11.0. The second-order valence-electron chi connectivity index (χ2n) is 4.71. The maximum atomic E-state index is 9.48. The minimum Gasteiger partial charge on any atom is -0.493 e. The predicted molar refractivity (Wildman–Crippen MR) is 59.8 cm³/mol.